The fourth-order valence-electron chi connectivity index (χ4n) is 1.67. The molecule has 0 aliphatic rings. The van der Waals surface area contributed by atoms with Crippen LogP contribution in [0.4, 0.5) is 10.5 Å². The number of carbonyl (C=O) groups excluding carboxylic acids is 3. The van der Waals surface area contributed by atoms with Gasteiger partial charge in [0.1, 0.15) is 6.04 Å². The summed E-state index contributed by atoms with van der Waals surface area (Å²) in [5.41, 5.74) is 7.54. The molecule has 0 fully saturated rings. The third-order valence-electron chi connectivity index (χ3n) is 2.71. The monoisotopic (exact) mass is 293 g/mol. The van der Waals surface area contributed by atoms with Crippen LogP contribution in [0.1, 0.15) is 18.1 Å². The number of benzene rings is 1. The van der Waals surface area contributed by atoms with Gasteiger partial charge < -0.3 is 21.1 Å². The smallest absolute Gasteiger partial charge is 0.328 e. The third-order valence-corrected chi connectivity index (χ3v) is 2.71. The fourth-order valence-corrected chi connectivity index (χ4v) is 1.67. The second-order valence-electron chi connectivity index (χ2n) is 4.70. The van der Waals surface area contributed by atoms with Crippen LogP contribution in [-0.4, -0.2) is 30.6 Å². The lowest BCUT2D eigenvalue weighted by molar-refractivity contribution is -0.148. The van der Waals surface area contributed by atoms with Gasteiger partial charge in [-0.05, 0) is 32.4 Å². The van der Waals surface area contributed by atoms with Gasteiger partial charge in [-0.25, -0.2) is 9.59 Å². The van der Waals surface area contributed by atoms with E-state index in [9.17, 15) is 14.4 Å². The van der Waals surface area contributed by atoms with Crippen molar-refractivity contribution < 1.29 is 19.1 Å². The molecule has 1 rings (SSSR count). The molecule has 0 unspecified atom stereocenters. The topological polar surface area (TPSA) is 111 Å². The molecule has 4 N–H and O–H groups in total. The van der Waals surface area contributed by atoms with Crippen molar-refractivity contribution in [3.63, 3.8) is 0 Å². The van der Waals surface area contributed by atoms with E-state index < -0.39 is 30.6 Å². The number of anilines is 1. The van der Waals surface area contributed by atoms with E-state index in [1.54, 1.807) is 6.07 Å². The van der Waals surface area contributed by atoms with E-state index in [1.165, 1.54) is 6.92 Å². The highest BCUT2D eigenvalue weighted by atomic mass is 16.5. The molecular weight excluding hydrogens is 274 g/mol. The summed E-state index contributed by atoms with van der Waals surface area (Å²) < 4.78 is 4.78. The summed E-state index contributed by atoms with van der Waals surface area (Å²) in [5, 5.41) is 4.81. The van der Waals surface area contributed by atoms with E-state index in [0.29, 0.717) is 5.69 Å². The summed E-state index contributed by atoms with van der Waals surface area (Å²) in [4.78, 5) is 33.8. The Balaban J connectivity index is 2.47. The first-order valence-corrected chi connectivity index (χ1v) is 6.39. The van der Waals surface area contributed by atoms with Crippen LogP contribution in [0, 0.1) is 13.8 Å². The maximum Gasteiger partial charge on any atom is 0.328 e. The number of amides is 3. The molecule has 1 aromatic rings. The Hall–Kier alpha value is -2.57. The van der Waals surface area contributed by atoms with Gasteiger partial charge in [-0.15, -0.1) is 0 Å². The lowest BCUT2D eigenvalue weighted by Gasteiger charge is -2.12. The van der Waals surface area contributed by atoms with Gasteiger partial charge in [0, 0.05) is 5.69 Å². The maximum atomic E-state index is 11.7. The molecule has 7 heteroatoms. The minimum Gasteiger partial charge on any atom is -0.454 e. The first kappa shape index (κ1) is 16.5. The van der Waals surface area contributed by atoms with Crippen molar-refractivity contribution in [2.75, 3.05) is 11.9 Å². The van der Waals surface area contributed by atoms with Gasteiger partial charge in [-0.3, -0.25) is 4.79 Å². The SMILES string of the molecule is Cc1ccc(NC(=O)COC(=O)[C@@H](C)NC(N)=O)c(C)c1. The van der Waals surface area contributed by atoms with Crippen molar-refractivity contribution in [1.29, 1.82) is 0 Å². The van der Waals surface area contributed by atoms with Crippen molar-refractivity contribution in [2.45, 2.75) is 26.8 Å². The average Bonchev–Trinajstić information content (AvgIpc) is 2.38. The highest BCUT2D eigenvalue weighted by Gasteiger charge is 2.17. The third kappa shape index (κ3) is 5.52. The number of ether oxygens (including phenoxy) is 1. The molecule has 0 saturated heterocycles. The van der Waals surface area contributed by atoms with Gasteiger partial charge in [-0.1, -0.05) is 17.7 Å². The molecule has 21 heavy (non-hydrogen) atoms. The summed E-state index contributed by atoms with van der Waals surface area (Å²) in [6.45, 7) is 4.80. The standard InChI is InChI=1S/C14H19N3O4/c1-8-4-5-11(9(2)6-8)17-12(18)7-21-13(19)10(3)16-14(15)20/h4-6,10H,7H2,1-3H3,(H,17,18)(H3,15,16,20)/t10-/m1/s1. The summed E-state index contributed by atoms with van der Waals surface area (Å²) in [6.07, 6.45) is 0. The number of hydrogen-bond acceptors (Lipinski definition) is 4. The number of hydrogen-bond donors (Lipinski definition) is 3. The molecule has 0 aliphatic carbocycles. The Morgan fingerprint density at radius 3 is 2.52 bits per heavy atom. The molecule has 0 aromatic heterocycles. The van der Waals surface area contributed by atoms with Gasteiger partial charge in [0.15, 0.2) is 6.61 Å². The number of aryl methyl sites for hydroxylation is 2. The second kappa shape index (κ2) is 7.28. The predicted octanol–water partition coefficient (Wildman–Crippen LogP) is 0.842. The summed E-state index contributed by atoms with van der Waals surface area (Å²) in [5.74, 6) is -1.19. The van der Waals surface area contributed by atoms with Gasteiger partial charge in [0.2, 0.25) is 0 Å². The van der Waals surface area contributed by atoms with Crippen LogP contribution >= 0.6 is 0 Å². The van der Waals surface area contributed by atoms with Gasteiger partial charge >= 0.3 is 12.0 Å². The summed E-state index contributed by atoms with van der Waals surface area (Å²) >= 11 is 0. The predicted molar refractivity (Wildman–Crippen MR) is 77.7 cm³/mol. The second-order valence-corrected chi connectivity index (χ2v) is 4.70. The molecular formula is C14H19N3O4. The van der Waals surface area contributed by atoms with Crippen molar-refractivity contribution in [1.82, 2.24) is 5.32 Å². The lowest BCUT2D eigenvalue weighted by Crippen LogP contribution is -2.43. The number of carbonyl (C=O) groups is 3. The molecule has 0 aliphatic heterocycles. The Morgan fingerprint density at radius 1 is 1.29 bits per heavy atom. The van der Waals surface area contributed by atoms with Crippen LogP contribution in [0.3, 0.4) is 0 Å². The molecule has 114 valence electrons. The average molecular weight is 293 g/mol. The number of rotatable bonds is 5. The first-order valence-electron chi connectivity index (χ1n) is 6.39. The van der Waals surface area contributed by atoms with Crippen LogP contribution in [0.25, 0.3) is 0 Å². The van der Waals surface area contributed by atoms with Gasteiger partial charge in [0.25, 0.3) is 5.91 Å². The zero-order valence-corrected chi connectivity index (χ0v) is 12.2. The minimum atomic E-state index is -0.906. The Kier molecular flexibility index (Phi) is 5.71. The Morgan fingerprint density at radius 2 is 1.95 bits per heavy atom. The number of nitrogens with two attached hydrogens (primary N) is 1. The maximum absolute atomic E-state index is 11.7. The van der Waals surface area contributed by atoms with Crippen LogP contribution in [-0.2, 0) is 14.3 Å². The highest BCUT2D eigenvalue weighted by molar-refractivity contribution is 5.94. The van der Waals surface area contributed by atoms with Crippen LogP contribution in [0.2, 0.25) is 0 Å². The molecule has 0 spiro atoms. The summed E-state index contributed by atoms with van der Waals surface area (Å²) in [6, 6.07) is 3.84. The van der Waals surface area contributed by atoms with E-state index in [-0.39, 0.29) is 0 Å². The molecule has 0 saturated carbocycles. The zero-order chi connectivity index (χ0) is 16.0. The van der Waals surface area contributed by atoms with Crippen molar-refractivity contribution in [3.05, 3.63) is 29.3 Å². The molecule has 0 radical (unpaired) electrons. The molecule has 0 heterocycles. The minimum absolute atomic E-state index is 0.434. The Bertz CT molecular complexity index is 557. The molecule has 1 aromatic carbocycles. The van der Waals surface area contributed by atoms with E-state index in [1.807, 2.05) is 26.0 Å². The fraction of sp³-hybridized carbons (Fsp3) is 0.357. The first-order chi connectivity index (χ1) is 9.79. The zero-order valence-electron chi connectivity index (χ0n) is 12.2. The molecule has 1 atom stereocenters. The van der Waals surface area contributed by atoms with Crippen molar-refractivity contribution >= 4 is 23.6 Å². The Labute approximate surface area is 122 Å². The van der Waals surface area contributed by atoms with E-state index in [2.05, 4.69) is 10.6 Å². The van der Waals surface area contributed by atoms with E-state index in [0.717, 1.165) is 11.1 Å². The lowest BCUT2D eigenvalue weighted by atomic mass is 10.1. The van der Waals surface area contributed by atoms with Crippen molar-refractivity contribution in [3.8, 4) is 0 Å². The molecule has 3 amide bonds. The number of primary amides is 1. The van der Waals surface area contributed by atoms with Crippen LogP contribution in [0.5, 0.6) is 0 Å². The van der Waals surface area contributed by atoms with Gasteiger partial charge in [-0.2, -0.15) is 0 Å². The van der Waals surface area contributed by atoms with Crippen LogP contribution in [0.15, 0.2) is 18.2 Å². The quantitative estimate of drug-likeness (QED) is 0.699. The normalized spacial score (nSPS) is 11.4. The number of esters is 1. The largest absolute Gasteiger partial charge is 0.454 e. The van der Waals surface area contributed by atoms with Crippen molar-refractivity contribution in [2.24, 2.45) is 5.73 Å². The molecule has 7 nitrogen and oxygen atoms in total. The molecule has 0 bridgehead atoms. The van der Waals surface area contributed by atoms with E-state index in [4.69, 9.17) is 10.5 Å². The number of nitrogens with one attached hydrogen (secondary N) is 2. The van der Waals surface area contributed by atoms with E-state index >= 15 is 0 Å². The summed E-state index contributed by atoms with van der Waals surface area (Å²) in [7, 11) is 0. The van der Waals surface area contributed by atoms with Crippen LogP contribution < -0.4 is 16.4 Å². The highest BCUT2D eigenvalue weighted by Crippen LogP contribution is 2.15. The van der Waals surface area contributed by atoms with Gasteiger partial charge in [0.05, 0.1) is 0 Å². The number of urea groups is 1.